The molecule has 6 heteroatoms. The monoisotopic (exact) mass is 358 g/mol. The van der Waals surface area contributed by atoms with Gasteiger partial charge in [0, 0.05) is 17.3 Å². The van der Waals surface area contributed by atoms with Gasteiger partial charge in [-0.1, -0.05) is 18.2 Å². The minimum atomic E-state index is -0.212. The number of amides is 1. The Hall–Kier alpha value is -3.67. The van der Waals surface area contributed by atoms with Crippen LogP contribution < -0.4 is 10.1 Å². The number of fused-ring (bicyclic) bond motifs is 1. The number of pyridine rings is 1. The molecule has 27 heavy (non-hydrogen) atoms. The summed E-state index contributed by atoms with van der Waals surface area (Å²) < 4.78 is 7.10. The van der Waals surface area contributed by atoms with Crippen LogP contribution in [-0.4, -0.2) is 27.6 Å². The van der Waals surface area contributed by atoms with Crippen LogP contribution in [0.4, 0.5) is 5.69 Å². The van der Waals surface area contributed by atoms with E-state index in [0.29, 0.717) is 17.1 Å². The zero-order chi connectivity index (χ0) is 18.8. The maximum atomic E-state index is 12.6. The van der Waals surface area contributed by atoms with E-state index in [1.54, 1.807) is 37.6 Å². The first kappa shape index (κ1) is 16.8. The summed E-state index contributed by atoms with van der Waals surface area (Å²) in [6.45, 7) is 1.95. The number of hydrogen-bond acceptors (Lipinski definition) is 4. The van der Waals surface area contributed by atoms with Gasteiger partial charge in [-0.05, 0) is 43.3 Å². The van der Waals surface area contributed by atoms with E-state index in [2.05, 4.69) is 19.9 Å². The van der Waals surface area contributed by atoms with E-state index in [1.807, 2.05) is 43.3 Å². The molecule has 0 aliphatic heterocycles. The third-order valence-electron chi connectivity index (χ3n) is 4.30. The number of rotatable bonds is 4. The van der Waals surface area contributed by atoms with Crippen LogP contribution in [0.25, 0.3) is 16.7 Å². The number of methoxy groups -OCH3 is 1. The molecule has 2 aromatic carbocycles. The molecule has 0 aliphatic carbocycles. The average molecular weight is 358 g/mol. The number of benzene rings is 2. The summed E-state index contributed by atoms with van der Waals surface area (Å²) in [6.07, 6.45) is 1.56. The number of nitrogens with zero attached hydrogens (tertiary/aromatic N) is 3. The van der Waals surface area contributed by atoms with Gasteiger partial charge in [0.25, 0.3) is 5.91 Å². The lowest BCUT2D eigenvalue weighted by Crippen LogP contribution is -2.12. The number of para-hydroxylation sites is 1. The molecule has 0 spiro atoms. The second kappa shape index (κ2) is 6.92. The molecule has 0 bridgehead atoms. The molecule has 0 fully saturated rings. The zero-order valence-corrected chi connectivity index (χ0v) is 15.0. The fourth-order valence-corrected chi connectivity index (χ4v) is 3.02. The molecular weight excluding hydrogens is 340 g/mol. The SMILES string of the molecule is COc1ccc(NC(=O)c2ccc3c(c2)nc(C)n3-c2ccccc2)cn1. The number of carbonyl (C=O) groups is 1. The summed E-state index contributed by atoms with van der Waals surface area (Å²) in [6, 6.07) is 19.0. The van der Waals surface area contributed by atoms with Crippen LogP contribution in [0, 0.1) is 6.92 Å². The highest BCUT2D eigenvalue weighted by atomic mass is 16.5. The Morgan fingerprint density at radius 2 is 1.89 bits per heavy atom. The van der Waals surface area contributed by atoms with Crippen LogP contribution in [0.2, 0.25) is 0 Å². The van der Waals surface area contributed by atoms with Gasteiger partial charge in [0.05, 0.1) is 30.0 Å². The molecule has 0 saturated carbocycles. The van der Waals surface area contributed by atoms with Gasteiger partial charge in [-0.3, -0.25) is 9.36 Å². The molecule has 0 aliphatic rings. The van der Waals surface area contributed by atoms with Crippen LogP contribution in [0.15, 0.2) is 66.9 Å². The van der Waals surface area contributed by atoms with E-state index < -0.39 is 0 Å². The van der Waals surface area contributed by atoms with Gasteiger partial charge in [-0.2, -0.15) is 0 Å². The van der Waals surface area contributed by atoms with Crippen LogP contribution >= 0.6 is 0 Å². The summed E-state index contributed by atoms with van der Waals surface area (Å²) >= 11 is 0. The van der Waals surface area contributed by atoms with Crippen molar-refractivity contribution in [1.82, 2.24) is 14.5 Å². The Kier molecular flexibility index (Phi) is 4.30. The number of aryl methyl sites for hydroxylation is 1. The van der Waals surface area contributed by atoms with Crippen molar-refractivity contribution in [3.63, 3.8) is 0 Å². The molecule has 0 atom stereocenters. The fourth-order valence-electron chi connectivity index (χ4n) is 3.02. The average Bonchev–Trinajstić information content (AvgIpc) is 3.04. The Balaban J connectivity index is 1.64. The number of anilines is 1. The molecule has 6 nitrogen and oxygen atoms in total. The summed E-state index contributed by atoms with van der Waals surface area (Å²) in [7, 11) is 1.55. The van der Waals surface area contributed by atoms with Gasteiger partial charge < -0.3 is 10.1 Å². The summed E-state index contributed by atoms with van der Waals surface area (Å²) in [5.74, 6) is 1.15. The van der Waals surface area contributed by atoms with Crippen molar-refractivity contribution in [2.45, 2.75) is 6.92 Å². The van der Waals surface area contributed by atoms with Crippen molar-refractivity contribution in [3.05, 3.63) is 78.2 Å². The lowest BCUT2D eigenvalue weighted by molar-refractivity contribution is 0.102. The van der Waals surface area contributed by atoms with Gasteiger partial charge in [0.1, 0.15) is 5.82 Å². The van der Waals surface area contributed by atoms with E-state index in [0.717, 1.165) is 22.5 Å². The molecule has 4 aromatic rings. The Labute approximate surface area is 156 Å². The third-order valence-corrected chi connectivity index (χ3v) is 4.30. The van der Waals surface area contributed by atoms with Crippen molar-refractivity contribution in [2.75, 3.05) is 12.4 Å². The highest BCUT2D eigenvalue weighted by molar-refractivity contribution is 6.06. The maximum Gasteiger partial charge on any atom is 0.255 e. The molecular formula is C21H18N4O2. The molecule has 0 saturated heterocycles. The zero-order valence-electron chi connectivity index (χ0n) is 15.0. The second-order valence-corrected chi connectivity index (χ2v) is 6.08. The predicted octanol–water partition coefficient (Wildman–Crippen LogP) is 3.99. The summed E-state index contributed by atoms with van der Waals surface area (Å²) in [5, 5.41) is 2.84. The van der Waals surface area contributed by atoms with E-state index in [9.17, 15) is 4.79 Å². The Bertz CT molecular complexity index is 1100. The third kappa shape index (κ3) is 3.25. The molecule has 1 amide bonds. The van der Waals surface area contributed by atoms with Crippen molar-refractivity contribution < 1.29 is 9.53 Å². The normalized spacial score (nSPS) is 10.7. The number of aromatic nitrogens is 3. The topological polar surface area (TPSA) is 69.0 Å². The molecule has 134 valence electrons. The number of nitrogens with one attached hydrogen (secondary N) is 1. The first-order chi connectivity index (χ1) is 13.2. The molecule has 0 radical (unpaired) electrons. The van der Waals surface area contributed by atoms with Gasteiger partial charge >= 0.3 is 0 Å². The molecule has 4 rings (SSSR count). The molecule has 2 aromatic heterocycles. The van der Waals surface area contributed by atoms with E-state index in [4.69, 9.17) is 4.74 Å². The number of ether oxygens (including phenoxy) is 1. The van der Waals surface area contributed by atoms with E-state index in [1.165, 1.54) is 0 Å². The standard InChI is InChI=1S/C21H18N4O2/c1-14-23-18-12-15(21(26)24-16-9-11-20(27-2)22-13-16)8-10-19(18)25(14)17-6-4-3-5-7-17/h3-13H,1-2H3,(H,24,26). The van der Waals surface area contributed by atoms with Crippen molar-refractivity contribution in [3.8, 4) is 11.6 Å². The first-order valence-corrected chi connectivity index (χ1v) is 8.51. The van der Waals surface area contributed by atoms with Gasteiger partial charge in [-0.25, -0.2) is 9.97 Å². The quantitative estimate of drug-likeness (QED) is 0.599. The summed E-state index contributed by atoms with van der Waals surface area (Å²) in [4.78, 5) is 21.3. The number of hydrogen-bond donors (Lipinski definition) is 1. The minimum Gasteiger partial charge on any atom is -0.481 e. The first-order valence-electron chi connectivity index (χ1n) is 8.51. The lowest BCUT2D eigenvalue weighted by atomic mass is 10.2. The molecule has 0 unspecified atom stereocenters. The fraction of sp³-hybridized carbons (Fsp3) is 0.0952. The van der Waals surface area contributed by atoms with Crippen molar-refractivity contribution in [2.24, 2.45) is 0 Å². The Morgan fingerprint density at radius 1 is 1.07 bits per heavy atom. The maximum absolute atomic E-state index is 12.6. The smallest absolute Gasteiger partial charge is 0.255 e. The second-order valence-electron chi connectivity index (χ2n) is 6.08. The van der Waals surface area contributed by atoms with Crippen LogP contribution in [0.5, 0.6) is 5.88 Å². The van der Waals surface area contributed by atoms with Crippen molar-refractivity contribution in [1.29, 1.82) is 0 Å². The Morgan fingerprint density at radius 3 is 2.59 bits per heavy atom. The highest BCUT2D eigenvalue weighted by Gasteiger charge is 2.13. The summed E-state index contributed by atoms with van der Waals surface area (Å²) in [5.41, 5.74) is 3.92. The number of carbonyl (C=O) groups excluding carboxylic acids is 1. The molecule has 2 heterocycles. The molecule has 1 N–H and O–H groups in total. The minimum absolute atomic E-state index is 0.212. The van der Waals surface area contributed by atoms with E-state index in [-0.39, 0.29) is 5.91 Å². The van der Waals surface area contributed by atoms with Crippen LogP contribution in [0.1, 0.15) is 16.2 Å². The van der Waals surface area contributed by atoms with Gasteiger partial charge in [0.2, 0.25) is 5.88 Å². The van der Waals surface area contributed by atoms with E-state index >= 15 is 0 Å². The van der Waals surface area contributed by atoms with Crippen molar-refractivity contribution >= 4 is 22.6 Å². The predicted molar refractivity (Wildman–Crippen MR) is 105 cm³/mol. The number of imidazole rings is 1. The van der Waals surface area contributed by atoms with Crippen LogP contribution in [-0.2, 0) is 0 Å². The van der Waals surface area contributed by atoms with Crippen LogP contribution in [0.3, 0.4) is 0 Å². The highest BCUT2D eigenvalue weighted by Crippen LogP contribution is 2.23. The lowest BCUT2D eigenvalue weighted by Gasteiger charge is -2.08. The van der Waals surface area contributed by atoms with Gasteiger partial charge in [0.15, 0.2) is 0 Å². The largest absolute Gasteiger partial charge is 0.481 e. The van der Waals surface area contributed by atoms with Gasteiger partial charge in [-0.15, -0.1) is 0 Å².